The van der Waals surface area contributed by atoms with Gasteiger partial charge in [-0.3, -0.25) is 0 Å². The number of ether oxygens (including phenoxy) is 2. The molecule has 5 rings (SSSR count). The SMILES string of the molecule is C[C@H](C/C=C/C(C)(C)O)[C@H]1CC[C@@]2(C)[C@@H]3[C@H](O[C@@H]4O[C@H](CO)[C@@H](O)[C@H](O)[C@H]4O)C=C4[C@@H](CC[C@H](O)C4(C)C)[C@]3(C=O)CC[C@]12C. The fraction of sp³-hybridized carbons (Fsp3) is 0.861. The van der Waals surface area contributed by atoms with Gasteiger partial charge in [-0.05, 0) is 87.4 Å². The first-order valence-corrected chi connectivity index (χ1v) is 17.1. The highest BCUT2D eigenvalue weighted by Gasteiger charge is 2.71. The third-order valence-electron chi connectivity index (χ3n) is 13.5. The third-order valence-corrected chi connectivity index (χ3v) is 13.5. The molecule has 0 bridgehead atoms. The van der Waals surface area contributed by atoms with Crippen molar-refractivity contribution >= 4 is 6.29 Å². The van der Waals surface area contributed by atoms with Crippen molar-refractivity contribution in [1.29, 1.82) is 0 Å². The molecule has 1 saturated heterocycles. The quantitative estimate of drug-likeness (QED) is 0.174. The fourth-order valence-corrected chi connectivity index (χ4v) is 10.7. The summed E-state index contributed by atoms with van der Waals surface area (Å²) < 4.78 is 12.5. The molecule has 0 unspecified atom stereocenters. The van der Waals surface area contributed by atoms with E-state index in [0.29, 0.717) is 31.1 Å². The lowest BCUT2D eigenvalue weighted by atomic mass is 9.38. The average molecular weight is 635 g/mol. The lowest BCUT2D eigenvalue weighted by Gasteiger charge is -2.66. The molecule has 1 heterocycles. The first kappa shape index (κ1) is 35.1. The van der Waals surface area contributed by atoms with Crippen LogP contribution in [0.25, 0.3) is 0 Å². The fourth-order valence-electron chi connectivity index (χ4n) is 10.7. The first-order valence-electron chi connectivity index (χ1n) is 17.1. The van der Waals surface area contributed by atoms with Gasteiger partial charge in [0.05, 0.1) is 24.4 Å². The molecule has 14 atom stereocenters. The van der Waals surface area contributed by atoms with Crippen LogP contribution < -0.4 is 0 Å². The molecule has 5 aliphatic rings. The van der Waals surface area contributed by atoms with Crippen molar-refractivity contribution in [3.8, 4) is 0 Å². The number of hydrogen-bond donors (Lipinski definition) is 6. The largest absolute Gasteiger partial charge is 0.394 e. The maximum absolute atomic E-state index is 13.7. The van der Waals surface area contributed by atoms with E-state index in [-0.39, 0.29) is 22.7 Å². The Bertz CT molecular complexity index is 1160. The summed E-state index contributed by atoms with van der Waals surface area (Å²) in [5.41, 5.74) is -1.68. The molecule has 1 aliphatic heterocycles. The van der Waals surface area contributed by atoms with E-state index in [4.69, 9.17) is 9.47 Å². The van der Waals surface area contributed by atoms with Crippen LogP contribution in [0.1, 0.15) is 93.4 Å². The van der Waals surface area contributed by atoms with E-state index in [1.165, 1.54) is 6.29 Å². The van der Waals surface area contributed by atoms with Crippen LogP contribution in [0.4, 0.5) is 0 Å². The van der Waals surface area contributed by atoms with Gasteiger partial charge in [-0.1, -0.05) is 58.4 Å². The van der Waals surface area contributed by atoms with E-state index in [2.05, 4.69) is 32.9 Å². The van der Waals surface area contributed by atoms with Gasteiger partial charge in [-0.15, -0.1) is 0 Å². The number of aliphatic hydroxyl groups is 6. The minimum absolute atomic E-state index is 0.0550. The number of allylic oxidation sites excluding steroid dienone is 1. The number of aldehydes is 1. The Morgan fingerprint density at radius 3 is 2.31 bits per heavy atom. The molecule has 4 fully saturated rings. The molecule has 0 aromatic heterocycles. The predicted octanol–water partition coefficient (Wildman–Crippen LogP) is 3.28. The Morgan fingerprint density at radius 2 is 1.69 bits per heavy atom. The van der Waals surface area contributed by atoms with Crippen LogP contribution in [0.3, 0.4) is 0 Å². The van der Waals surface area contributed by atoms with E-state index in [0.717, 1.165) is 31.3 Å². The second kappa shape index (κ2) is 12.1. The molecule has 6 N–H and O–H groups in total. The molecule has 0 amide bonds. The van der Waals surface area contributed by atoms with Crippen molar-refractivity contribution in [3.63, 3.8) is 0 Å². The van der Waals surface area contributed by atoms with E-state index in [1.54, 1.807) is 13.8 Å². The van der Waals surface area contributed by atoms with Crippen molar-refractivity contribution in [2.24, 2.45) is 45.3 Å². The number of fused-ring (bicyclic) bond motifs is 5. The van der Waals surface area contributed by atoms with Gasteiger partial charge in [0, 0.05) is 16.7 Å². The Hall–Kier alpha value is -1.17. The summed E-state index contributed by atoms with van der Waals surface area (Å²) in [7, 11) is 0. The number of carbonyl (C=O) groups is 1. The summed E-state index contributed by atoms with van der Waals surface area (Å²) in [5.74, 6) is 0.405. The number of hydrogen-bond acceptors (Lipinski definition) is 9. The number of carbonyl (C=O) groups excluding carboxylic acids is 1. The van der Waals surface area contributed by atoms with Crippen LogP contribution in [0.15, 0.2) is 23.8 Å². The Kier molecular flexibility index (Phi) is 9.42. The molecule has 0 aromatic carbocycles. The summed E-state index contributed by atoms with van der Waals surface area (Å²) in [6.07, 6.45) is 4.43. The maximum atomic E-state index is 13.7. The molecule has 256 valence electrons. The zero-order valence-corrected chi connectivity index (χ0v) is 28.2. The minimum atomic E-state index is -1.57. The highest BCUT2D eigenvalue weighted by Crippen LogP contribution is 2.75. The van der Waals surface area contributed by atoms with E-state index in [9.17, 15) is 35.4 Å². The minimum Gasteiger partial charge on any atom is -0.394 e. The normalized spacial score (nSPS) is 48.7. The van der Waals surface area contributed by atoms with Gasteiger partial charge < -0.3 is 44.9 Å². The zero-order chi connectivity index (χ0) is 33.3. The van der Waals surface area contributed by atoms with E-state index < -0.39 is 66.0 Å². The number of aliphatic hydroxyl groups excluding tert-OH is 5. The molecule has 0 spiro atoms. The van der Waals surface area contributed by atoms with Crippen molar-refractivity contribution < 1.29 is 44.9 Å². The molecule has 4 aliphatic carbocycles. The highest BCUT2D eigenvalue weighted by molar-refractivity contribution is 5.65. The summed E-state index contributed by atoms with van der Waals surface area (Å²) in [6.45, 7) is 14.0. The van der Waals surface area contributed by atoms with Crippen LogP contribution >= 0.6 is 0 Å². The lowest BCUT2D eigenvalue weighted by molar-refractivity contribution is -0.321. The Balaban J connectivity index is 1.58. The lowest BCUT2D eigenvalue weighted by Crippen LogP contribution is -2.66. The summed E-state index contributed by atoms with van der Waals surface area (Å²) >= 11 is 0. The average Bonchev–Trinajstić information content (AvgIpc) is 3.25. The molecule has 3 saturated carbocycles. The Labute approximate surface area is 268 Å². The standard InChI is InChI=1S/C36H58O9/c1-20(9-8-13-32(2,3)43)21-12-14-35(7)30-24(44-31-29(42)28(41)27(40)25(18-37)45-31)17-23-22(10-11-26(39)33(23,4)5)36(30,19-38)16-15-34(21,35)6/h8,13,17,19-22,24-31,37,39-43H,9-12,14-16,18H2,1-7H3/b13-8+/t20-,21-,22-,24-,25-,26+,27-,28+,29-,30+,31-,34-,35+,36-/m1/s1. The van der Waals surface area contributed by atoms with Gasteiger partial charge in [0.2, 0.25) is 0 Å². The Morgan fingerprint density at radius 1 is 1.00 bits per heavy atom. The molecular formula is C36H58O9. The van der Waals surface area contributed by atoms with Crippen LogP contribution in [0.2, 0.25) is 0 Å². The topological polar surface area (TPSA) is 157 Å². The van der Waals surface area contributed by atoms with Crippen LogP contribution in [0, 0.1) is 45.3 Å². The van der Waals surface area contributed by atoms with Crippen molar-refractivity contribution in [2.75, 3.05) is 6.61 Å². The highest BCUT2D eigenvalue weighted by atomic mass is 16.7. The number of rotatable bonds is 8. The predicted molar refractivity (Wildman–Crippen MR) is 169 cm³/mol. The second-order valence-electron chi connectivity index (χ2n) is 16.7. The summed E-state index contributed by atoms with van der Waals surface area (Å²) in [6, 6.07) is 0. The third kappa shape index (κ3) is 5.51. The van der Waals surface area contributed by atoms with Gasteiger partial charge >= 0.3 is 0 Å². The molecule has 45 heavy (non-hydrogen) atoms. The molecule has 0 radical (unpaired) electrons. The molecule has 9 heteroatoms. The van der Waals surface area contributed by atoms with Gasteiger partial charge in [0.25, 0.3) is 0 Å². The van der Waals surface area contributed by atoms with Gasteiger partial charge in [-0.25, -0.2) is 0 Å². The maximum Gasteiger partial charge on any atom is 0.187 e. The van der Waals surface area contributed by atoms with Crippen LogP contribution in [0.5, 0.6) is 0 Å². The smallest absolute Gasteiger partial charge is 0.187 e. The molecule has 0 aromatic rings. The van der Waals surface area contributed by atoms with Crippen molar-refractivity contribution in [3.05, 3.63) is 23.8 Å². The monoisotopic (exact) mass is 634 g/mol. The van der Waals surface area contributed by atoms with Crippen molar-refractivity contribution in [2.45, 2.75) is 142 Å². The summed E-state index contributed by atoms with van der Waals surface area (Å²) in [4.78, 5) is 13.7. The van der Waals surface area contributed by atoms with Gasteiger partial charge in [0.1, 0.15) is 30.7 Å². The van der Waals surface area contributed by atoms with E-state index in [1.807, 2.05) is 19.9 Å². The first-order chi connectivity index (χ1) is 20.9. The second-order valence-corrected chi connectivity index (χ2v) is 16.7. The van der Waals surface area contributed by atoms with Crippen LogP contribution in [-0.2, 0) is 14.3 Å². The van der Waals surface area contributed by atoms with Gasteiger partial charge in [-0.2, -0.15) is 0 Å². The van der Waals surface area contributed by atoms with Crippen molar-refractivity contribution in [1.82, 2.24) is 0 Å². The van der Waals surface area contributed by atoms with Gasteiger partial charge in [0.15, 0.2) is 6.29 Å². The van der Waals surface area contributed by atoms with E-state index >= 15 is 0 Å². The summed E-state index contributed by atoms with van der Waals surface area (Å²) in [5, 5.41) is 63.2. The van der Waals surface area contributed by atoms with Crippen LogP contribution in [-0.4, -0.2) is 92.0 Å². The molecule has 9 nitrogen and oxygen atoms in total. The zero-order valence-electron chi connectivity index (χ0n) is 28.2. The molecular weight excluding hydrogens is 576 g/mol.